The molecule has 0 saturated heterocycles. The van der Waals surface area contributed by atoms with E-state index in [0.717, 1.165) is 25.9 Å². The molecule has 0 saturated carbocycles. The van der Waals surface area contributed by atoms with Gasteiger partial charge in [-0.15, -0.1) is 0 Å². The Labute approximate surface area is 103 Å². The third-order valence-electron chi connectivity index (χ3n) is 1.85. The summed E-state index contributed by atoms with van der Waals surface area (Å²) in [4.78, 5) is 13.5. The monoisotopic (exact) mass is 245 g/mol. The van der Waals surface area contributed by atoms with E-state index in [2.05, 4.69) is 5.32 Å². The summed E-state index contributed by atoms with van der Waals surface area (Å²) >= 11 is 1.36. The zero-order valence-corrected chi connectivity index (χ0v) is 11.5. The average molecular weight is 245 g/mol. The van der Waals surface area contributed by atoms with Gasteiger partial charge in [-0.3, -0.25) is 10.7 Å². The Hall–Kier alpha value is -0.710. The molecule has 0 rings (SSSR count). The Balaban J connectivity index is 4.13. The SMILES string of the molecule is CCCN(CCC)C(=O)NC(=N)SC(C)C. The van der Waals surface area contributed by atoms with Crippen molar-refractivity contribution in [3.63, 3.8) is 0 Å². The summed E-state index contributed by atoms with van der Waals surface area (Å²) < 4.78 is 0. The van der Waals surface area contributed by atoms with Gasteiger partial charge in [0.2, 0.25) is 0 Å². The van der Waals surface area contributed by atoms with Crippen LogP contribution in [-0.2, 0) is 0 Å². The van der Waals surface area contributed by atoms with Crippen LogP contribution in [0, 0.1) is 5.41 Å². The minimum absolute atomic E-state index is 0.151. The molecule has 0 unspecified atom stereocenters. The number of carbonyl (C=O) groups excluding carboxylic acids is 1. The van der Waals surface area contributed by atoms with Crippen molar-refractivity contribution in [2.75, 3.05) is 13.1 Å². The predicted octanol–water partition coefficient (Wildman–Crippen LogP) is 2.89. The fourth-order valence-corrected chi connectivity index (χ4v) is 1.91. The van der Waals surface area contributed by atoms with Crippen LogP contribution in [0.25, 0.3) is 0 Å². The van der Waals surface area contributed by atoms with Crippen LogP contribution in [0.4, 0.5) is 4.79 Å². The molecule has 0 aliphatic rings. The standard InChI is InChI=1S/C11H23N3OS/c1-5-7-14(8-6-2)11(15)13-10(12)16-9(3)4/h9H,5-8H2,1-4H3,(H2,12,13,15). The first-order valence-electron chi connectivity index (χ1n) is 5.82. The second-order valence-corrected chi connectivity index (χ2v) is 5.50. The predicted molar refractivity (Wildman–Crippen MR) is 71.1 cm³/mol. The summed E-state index contributed by atoms with van der Waals surface area (Å²) in [6.45, 7) is 9.59. The number of amidine groups is 1. The molecule has 0 aromatic carbocycles. The normalized spacial score (nSPS) is 10.3. The number of carbonyl (C=O) groups is 1. The van der Waals surface area contributed by atoms with Gasteiger partial charge in [-0.2, -0.15) is 0 Å². The second-order valence-electron chi connectivity index (χ2n) is 3.91. The summed E-state index contributed by atoms with van der Waals surface area (Å²) in [7, 11) is 0. The van der Waals surface area contributed by atoms with Crippen molar-refractivity contribution in [2.24, 2.45) is 0 Å². The number of urea groups is 1. The van der Waals surface area contributed by atoms with Crippen molar-refractivity contribution in [2.45, 2.75) is 45.8 Å². The number of thioether (sulfide) groups is 1. The van der Waals surface area contributed by atoms with Gasteiger partial charge in [0, 0.05) is 18.3 Å². The Bertz CT molecular complexity index is 225. The van der Waals surface area contributed by atoms with Gasteiger partial charge >= 0.3 is 6.03 Å². The molecule has 0 aromatic heterocycles. The zero-order valence-electron chi connectivity index (χ0n) is 10.7. The van der Waals surface area contributed by atoms with E-state index in [9.17, 15) is 4.79 Å². The molecule has 0 atom stereocenters. The van der Waals surface area contributed by atoms with Gasteiger partial charge in [0.05, 0.1) is 0 Å². The van der Waals surface area contributed by atoms with E-state index in [4.69, 9.17) is 5.41 Å². The summed E-state index contributed by atoms with van der Waals surface area (Å²) in [5.74, 6) is 0. The molecule has 0 aliphatic heterocycles. The van der Waals surface area contributed by atoms with Crippen molar-refractivity contribution in [3.05, 3.63) is 0 Å². The van der Waals surface area contributed by atoms with Gasteiger partial charge in [0.1, 0.15) is 0 Å². The maximum Gasteiger partial charge on any atom is 0.323 e. The number of nitrogens with zero attached hydrogens (tertiary/aromatic N) is 1. The van der Waals surface area contributed by atoms with Gasteiger partial charge < -0.3 is 4.90 Å². The van der Waals surface area contributed by atoms with Crippen LogP contribution < -0.4 is 5.32 Å². The first kappa shape index (κ1) is 15.3. The molecule has 0 spiro atoms. The highest BCUT2D eigenvalue weighted by Crippen LogP contribution is 2.09. The summed E-state index contributed by atoms with van der Waals surface area (Å²) in [5, 5.41) is 10.8. The molecule has 94 valence electrons. The van der Waals surface area contributed by atoms with Gasteiger partial charge in [-0.05, 0) is 12.8 Å². The zero-order chi connectivity index (χ0) is 12.6. The first-order chi connectivity index (χ1) is 7.51. The third-order valence-corrected chi connectivity index (χ3v) is 2.66. The average Bonchev–Trinajstić information content (AvgIpc) is 2.15. The lowest BCUT2D eigenvalue weighted by molar-refractivity contribution is 0.203. The number of hydrogen-bond acceptors (Lipinski definition) is 3. The molecular formula is C11H23N3OS. The maximum absolute atomic E-state index is 11.8. The highest BCUT2D eigenvalue weighted by atomic mass is 32.2. The molecule has 2 N–H and O–H groups in total. The number of amides is 2. The Morgan fingerprint density at radius 3 is 2.19 bits per heavy atom. The van der Waals surface area contributed by atoms with Crippen LogP contribution in [0.15, 0.2) is 0 Å². The van der Waals surface area contributed by atoms with Crippen LogP contribution >= 0.6 is 11.8 Å². The minimum atomic E-state index is -0.151. The molecule has 0 bridgehead atoms. The third kappa shape index (κ3) is 6.71. The second kappa shape index (κ2) is 8.44. The smallest absolute Gasteiger partial charge is 0.323 e. The van der Waals surface area contributed by atoms with Crippen LogP contribution in [0.3, 0.4) is 0 Å². The summed E-state index contributed by atoms with van der Waals surface area (Å²) in [6, 6.07) is -0.151. The lowest BCUT2D eigenvalue weighted by atomic mass is 10.4. The van der Waals surface area contributed by atoms with E-state index in [0.29, 0.717) is 5.25 Å². The number of nitrogens with one attached hydrogen (secondary N) is 2. The lowest BCUT2D eigenvalue weighted by Crippen LogP contribution is -2.42. The van der Waals surface area contributed by atoms with Crippen LogP contribution in [0.2, 0.25) is 0 Å². The van der Waals surface area contributed by atoms with E-state index in [1.54, 1.807) is 4.90 Å². The summed E-state index contributed by atoms with van der Waals surface area (Å²) in [6.07, 6.45) is 1.89. The Morgan fingerprint density at radius 1 is 1.31 bits per heavy atom. The fraction of sp³-hybridized carbons (Fsp3) is 0.818. The molecule has 5 heteroatoms. The first-order valence-corrected chi connectivity index (χ1v) is 6.70. The van der Waals surface area contributed by atoms with Crippen molar-refractivity contribution in [3.8, 4) is 0 Å². The van der Waals surface area contributed by atoms with Gasteiger partial charge in [0.15, 0.2) is 5.17 Å². The van der Waals surface area contributed by atoms with Crippen LogP contribution in [0.1, 0.15) is 40.5 Å². The van der Waals surface area contributed by atoms with Crippen molar-refractivity contribution in [1.82, 2.24) is 10.2 Å². The molecule has 2 amide bonds. The van der Waals surface area contributed by atoms with E-state index in [1.807, 2.05) is 27.7 Å². The van der Waals surface area contributed by atoms with Gasteiger partial charge in [-0.25, -0.2) is 4.79 Å². The van der Waals surface area contributed by atoms with Crippen molar-refractivity contribution in [1.29, 1.82) is 5.41 Å². The molecule has 4 nitrogen and oxygen atoms in total. The van der Waals surface area contributed by atoms with Crippen LogP contribution in [0.5, 0.6) is 0 Å². The lowest BCUT2D eigenvalue weighted by Gasteiger charge is -2.22. The number of hydrogen-bond donors (Lipinski definition) is 2. The molecule has 0 aliphatic carbocycles. The van der Waals surface area contributed by atoms with Gasteiger partial charge in [-0.1, -0.05) is 39.5 Å². The highest BCUT2D eigenvalue weighted by molar-refractivity contribution is 8.14. The molecule has 0 aromatic rings. The van der Waals surface area contributed by atoms with E-state index >= 15 is 0 Å². The molecule has 16 heavy (non-hydrogen) atoms. The van der Waals surface area contributed by atoms with Crippen molar-refractivity contribution >= 4 is 23.0 Å². The van der Waals surface area contributed by atoms with E-state index in [-0.39, 0.29) is 11.2 Å². The quantitative estimate of drug-likeness (QED) is 0.578. The molecule has 0 radical (unpaired) electrons. The minimum Gasteiger partial charge on any atom is -0.325 e. The van der Waals surface area contributed by atoms with Gasteiger partial charge in [0.25, 0.3) is 0 Å². The maximum atomic E-state index is 11.8. The van der Waals surface area contributed by atoms with Crippen LogP contribution in [-0.4, -0.2) is 34.4 Å². The fourth-order valence-electron chi connectivity index (χ4n) is 1.30. The largest absolute Gasteiger partial charge is 0.325 e. The van der Waals surface area contributed by atoms with E-state index in [1.165, 1.54) is 11.8 Å². The highest BCUT2D eigenvalue weighted by Gasteiger charge is 2.13. The molecular weight excluding hydrogens is 222 g/mol. The Kier molecular flexibility index (Phi) is 8.07. The summed E-state index contributed by atoms with van der Waals surface area (Å²) in [5.41, 5.74) is 0. The topological polar surface area (TPSA) is 56.2 Å². The van der Waals surface area contributed by atoms with E-state index < -0.39 is 0 Å². The number of rotatable bonds is 5. The molecule has 0 heterocycles. The molecule has 0 fully saturated rings. The Morgan fingerprint density at radius 2 is 1.81 bits per heavy atom. The van der Waals surface area contributed by atoms with Crippen molar-refractivity contribution < 1.29 is 4.79 Å².